The van der Waals surface area contributed by atoms with Gasteiger partial charge in [0.05, 0.1) is 10.6 Å². The Labute approximate surface area is 195 Å². The number of carbonyl (C=O) groups excluding carboxylic acids is 2. The Morgan fingerprint density at radius 3 is 2.73 bits per heavy atom. The van der Waals surface area contributed by atoms with Gasteiger partial charge in [0.25, 0.3) is 17.5 Å². The predicted molar refractivity (Wildman–Crippen MR) is 128 cm³/mol. The fourth-order valence-corrected chi connectivity index (χ4v) is 4.12. The Morgan fingerprint density at radius 2 is 2.03 bits per heavy atom. The van der Waals surface area contributed by atoms with Crippen LogP contribution in [0, 0.1) is 10.1 Å². The van der Waals surface area contributed by atoms with Crippen LogP contribution >= 0.6 is 11.6 Å². The first-order valence-corrected chi connectivity index (χ1v) is 10.8. The van der Waals surface area contributed by atoms with Crippen LogP contribution in [0.1, 0.15) is 27.5 Å². The second kappa shape index (κ2) is 9.30. The maximum atomic E-state index is 12.9. The summed E-state index contributed by atoms with van der Waals surface area (Å²) < 4.78 is 1.73. The standard InChI is InChI=1S/C24H21ClN4O4/c1-27-11-3-6-21(27)24(31)26-18-5-2-4-16(12-18)7-10-23(30)28-15-17(14-25)20-9-8-19(29(32)33)13-22(20)28/h2-13,17H,14-15H2,1H3,(H,26,31). The molecule has 0 radical (unpaired) electrons. The number of amides is 2. The molecular formula is C24H21ClN4O4. The van der Waals surface area contributed by atoms with Gasteiger partial charge in [0.1, 0.15) is 5.69 Å². The highest BCUT2D eigenvalue weighted by molar-refractivity contribution is 6.18. The van der Waals surface area contributed by atoms with Gasteiger partial charge < -0.3 is 14.8 Å². The molecule has 1 aliphatic rings. The van der Waals surface area contributed by atoms with Crippen molar-refractivity contribution >= 4 is 46.6 Å². The molecule has 3 aromatic rings. The van der Waals surface area contributed by atoms with Gasteiger partial charge in [-0.2, -0.15) is 0 Å². The molecule has 0 fully saturated rings. The van der Waals surface area contributed by atoms with Crippen molar-refractivity contribution < 1.29 is 14.5 Å². The largest absolute Gasteiger partial charge is 0.347 e. The molecule has 2 heterocycles. The summed E-state index contributed by atoms with van der Waals surface area (Å²) in [5, 5.41) is 14.0. The van der Waals surface area contributed by atoms with Gasteiger partial charge in [-0.05, 0) is 47.5 Å². The molecule has 33 heavy (non-hydrogen) atoms. The summed E-state index contributed by atoms with van der Waals surface area (Å²) in [6.45, 7) is 0.357. The number of nitro benzene ring substituents is 1. The third-order valence-electron chi connectivity index (χ3n) is 5.55. The fraction of sp³-hybridized carbons (Fsp3) is 0.167. The van der Waals surface area contributed by atoms with E-state index in [9.17, 15) is 19.7 Å². The Kier molecular flexibility index (Phi) is 6.28. The highest BCUT2D eigenvalue weighted by atomic mass is 35.5. The average molecular weight is 465 g/mol. The van der Waals surface area contributed by atoms with Gasteiger partial charge in [-0.3, -0.25) is 19.7 Å². The molecular weight excluding hydrogens is 444 g/mol. The van der Waals surface area contributed by atoms with Gasteiger partial charge >= 0.3 is 0 Å². The zero-order valence-corrected chi connectivity index (χ0v) is 18.5. The van der Waals surface area contributed by atoms with Crippen molar-refractivity contribution in [2.45, 2.75) is 5.92 Å². The second-order valence-electron chi connectivity index (χ2n) is 7.72. The Morgan fingerprint density at radius 1 is 1.21 bits per heavy atom. The highest BCUT2D eigenvalue weighted by Crippen LogP contribution is 2.39. The predicted octanol–water partition coefficient (Wildman–Crippen LogP) is 4.57. The van der Waals surface area contributed by atoms with E-state index in [1.165, 1.54) is 23.1 Å². The van der Waals surface area contributed by atoms with Crippen LogP contribution in [-0.4, -0.2) is 33.7 Å². The van der Waals surface area contributed by atoms with Gasteiger partial charge in [0, 0.05) is 55.5 Å². The monoisotopic (exact) mass is 464 g/mol. The van der Waals surface area contributed by atoms with Crippen molar-refractivity contribution in [2.75, 3.05) is 22.6 Å². The van der Waals surface area contributed by atoms with Gasteiger partial charge in [0.15, 0.2) is 0 Å². The molecule has 1 aromatic heterocycles. The van der Waals surface area contributed by atoms with Crippen LogP contribution in [0.4, 0.5) is 17.1 Å². The fourth-order valence-electron chi connectivity index (χ4n) is 3.85. The molecule has 1 aliphatic heterocycles. The van der Waals surface area contributed by atoms with E-state index < -0.39 is 4.92 Å². The Balaban J connectivity index is 1.51. The molecule has 2 aromatic carbocycles. The first kappa shape index (κ1) is 22.3. The van der Waals surface area contributed by atoms with E-state index in [0.717, 1.165) is 11.1 Å². The van der Waals surface area contributed by atoms with Gasteiger partial charge in [-0.25, -0.2) is 0 Å². The normalized spacial score (nSPS) is 15.0. The van der Waals surface area contributed by atoms with E-state index >= 15 is 0 Å². The summed E-state index contributed by atoms with van der Waals surface area (Å²) in [4.78, 5) is 37.6. The number of hydrogen-bond donors (Lipinski definition) is 1. The quantitative estimate of drug-likeness (QED) is 0.250. The summed E-state index contributed by atoms with van der Waals surface area (Å²) >= 11 is 6.06. The smallest absolute Gasteiger partial charge is 0.272 e. The third kappa shape index (κ3) is 4.65. The first-order valence-electron chi connectivity index (χ1n) is 10.2. The van der Waals surface area contributed by atoms with Crippen LogP contribution in [-0.2, 0) is 11.8 Å². The number of aryl methyl sites for hydroxylation is 1. The van der Waals surface area contributed by atoms with Crippen molar-refractivity contribution in [2.24, 2.45) is 7.05 Å². The zero-order valence-electron chi connectivity index (χ0n) is 17.8. The number of carbonyl (C=O) groups is 2. The number of halogens is 1. The van der Waals surface area contributed by atoms with E-state index in [4.69, 9.17) is 11.6 Å². The molecule has 4 rings (SSSR count). The maximum absolute atomic E-state index is 12.9. The van der Waals surface area contributed by atoms with E-state index in [-0.39, 0.29) is 23.4 Å². The van der Waals surface area contributed by atoms with Gasteiger partial charge in [-0.1, -0.05) is 12.1 Å². The number of alkyl halides is 1. The van der Waals surface area contributed by atoms with Crippen LogP contribution in [0.15, 0.2) is 66.9 Å². The van der Waals surface area contributed by atoms with Crippen molar-refractivity contribution in [1.82, 2.24) is 4.57 Å². The number of nitrogens with one attached hydrogen (secondary N) is 1. The van der Waals surface area contributed by atoms with Crippen LogP contribution in [0.3, 0.4) is 0 Å². The number of anilines is 2. The van der Waals surface area contributed by atoms with Crippen LogP contribution in [0.2, 0.25) is 0 Å². The van der Waals surface area contributed by atoms with Crippen molar-refractivity contribution in [1.29, 1.82) is 0 Å². The topological polar surface area (TPSA) is 97.5 Å². The van der Waals surface area contributed by atoms with E-state index in [0.29, 0.717) is 29.5 Å². The number of non-ortho nitro benzene ring substituents is 1. The highest BCUT2D eigenvalue weighted by Gasteiger charge is 2.32. The number of hydrogen-bond acceptors (Lipinski definition) is 4. The molecule has 1 N–H and O–H groups in total. The van der Waals surface area contributed by atoms with Crippen LogP contribution in [0.5, 0.6) is 0 Å². The Hall–Kier alpha value is -3.91. The minimum atomic E-state index is -0.484. The molecule has 9 heteroatoms. The summed E-state index contributed by atoms with van der Waals surface area (Å²) in [5.41, 5.74) is 3.10. The summed E-state index contributed by atoms with van der Waals surface area (Å²) in [7, 11) is 1.79. The number of fused-ring (bicyclic) bond motifs is 1. The molecule has 0 spiro atoms. The SMILES string of the molecule is Cn1cccc1C(=O)Nc1cccc(C=CC(=O)N2CC(CCl)c3ccc([N+](=O)[O-])cc32)c1. The van der Waals surface area contributed by atoms with Crippen molar-refractivity contribution in [3.63, 3.8) is 0 Å². The minimum Gasteiger partial charge on any atom is -0.347 e. The molecule has 0 saturated heterocycles. The summed E-state index contributed by atoms with van der Waals surface area (Å²) in [5.74, 6) is -0.318. The number of aromatic nitrogens is 1. The summed E-state index contributed by atoms with van der Waals surface area (Å²) in [6, 6.07) is 15.1. The van der Waals surface area contributed by atoms with E-state index in [1.807, 2.05) is 6.07 Å². The number of nitrogens with zero attached hydrogens (tertiary/aromatic N) is 3. The Bertz CT molecular complexity index is 1270. The van der Waals surface area contributed by atoms with E-state index in [2.05, 4.69) is 5.32 Å². The lowest BCUT2D eigenvalue weighted by Gasteiger charge is -2.15. The lowest BCUT2D eigenvalue weighted by Crippen LogP contribution is -2.28. The average Bonchev–Trinajstić information content (AvgIpc) is 3.40. The van der Waals surface area contributed by atoms with Crippen LogP contribution in [0.25, 0.3) is 6.08 Å². The number of benzene rings is 2. The molecule has 0 aliphatic carbocycles. The minimum absolute atomic E-state index is 0.0765. The molecule has 2 amide bonds. The van der Waals surface area contributed by atoms with Crippen molar-refractivity contribution in [3.8, 4) is 0 Å². The van der Waals surface area contributed by atoms with Gasteiger partial charge in [0.2, 0.25) is 0 Å². The maximum Gasteiger partial charge on any atom is 0.272 e. The van der Waals surface area contributed by atoms with Crippen molar-refractivity contribution in [3.05, 3.63) is 93.8 Å². The summed E-state index contributed by atoms with van der Waals surface area (Å²) in [6.07, 6.45) is 4.85. The lowest BCUT2D eigenvalue weighted by atomic mass is 10.0. The molecule has 1 atom stereocenters. The third-order valence-corrected chi connectivity index (χ3v) is 5.92. The molecule has 0 bridgehead atoms. The molecule has 1 unspecified atom stereocenters. The molecule has 0 saturated carbocycles. The molecule has 168 valence electrons. The van der Waals surface area contributed by atoms with Gasteiger partial charge in [-0.15, -0.1) is 11.6 Å². The number of rotatable bonds is 6. The van der Waals surface area contributed by atoms with E-state index in [1.54, 1.807) is 60.3 Å². The molecule has 8 nitrogen and oxygen atoms in total. The first-order chi connectivity index (χ1) is 15.9. The van der Waals surface area contributed by atoms with Crippen LogP contribution < -0.4 is 10.2 Å². The second-order valence-corrected chi connectivity index (χ2v) is 8.03. The zero-order chi connectivity index (χ0) is 23.5. The number of nitro groups is 1. The lowest BCUT2D eigenvalue weighted by molar-refractivity contribution is -0.384.